The first-order chi connectivity index (χ1) is 14.8. The Morgan fingerprint density at radius 1 is 0.968 bits per heavy atom. The van der Waals surface area contributed by atoms with Crippen LogP contribution in [0.5, 0.6) is 0 Å². The highest BCUT2D eigenvalue weighted by atomic mass is 16.5. The number of imide groups is 1. The Balaban J connectivity index is 1.59. The average Bonchev–Trinajstić information content (AvgIpc) is 3.00. The molecule has 1 N–H and O–H groups in total. The highest BCUT2D eigenvalue weighted by molar-refractivity contribution is 6.22. The summed E-state index contributed by atoms with van der Waals surface area (Å²) in [5, 5.41) is 2.76. The van der Waals surface area contributed by atoms with E-state index in [9.17, 15) is 19.2 Å². The molecule has 0 unspecified atom stereocenters. The number of fused-ring (bicyclic) bond motifs is 1. The van der Waals surface area contributed by atoms with E-state index in [4.69, 9.17) is 4.74 Å². The zero-order chi connectivity index (χ0) is 22.5. The van der Waals surface area contributed by atoms with Crippen molar-refractivity contribution in [2.45, 2.75) is 33.2 Å². The third kappa shape index (κ3) is 5.17. The fourth-order valence-corrected chi connectivity index (χ4v) is 3.33. The SMILES string of the molecule is CC(C)CCN1C(=O)c2ccc(C(=O)OCC(=O)N[C@@H](C)c3ccccc3)cc2C1=O. The van der Waals surface area contributed by atoms with Crippen molar-refractivity contribution in [2.75, 3.05) is 13.2 Å². The number of rotatable bonds is 8. The van der Waals surface area contributed by atoms with E-state index >= 15 is 0 Å². The molecule has 0 aromatic heterocycles. The molecule has 0 fully saturated rings. The molecule has 0 bridgehead atoms. The summed E-state index contributed by atoms with van der Waals surface area (Å²) in [6.45, 7) is 5.76. The van der Waals surface area contributed by atoms with Crippen LogP contribution in [0.3, 0.4) is 0 Å². The highest BCUT2D eigenvalue weighted by Gasteiger charge is 2.35. The van der Waals surface area contributed by atoms with Crippen molar-refractivity contribution in [3.8, 4) is 0 Å². The largest absolute Gasteiger partial charge is 0.452 e. The number of benzene rings is 2. The maximum Gasteiger partial charge on any atom is 0.338 e. The summed E-state index contributed by atoms with van der Waals surface area (Å²) >= 11 is 0. The number of nitrogens with zero attached hydrogens (tertiary/aromatic N) is 1. The Labute approximate surface area is 181 Å². The van der Waals surface area contributed by atoms with Gasteiger partial charge in [0.1, 0.15) is 0 Å². The lowest BCUT2D eigenvalue weighted by atomic mass is 10.1. The average molecular weight is 422 g/mol. The lowest BCUT2D eigenvalue weighted by Gasteiger charge is -2.14. The van der Waals surface area contributed by atoms with E-state index in [1.165, 1.54) is 23.1 Å². The van der Waals surface area contributed by atoms with E-state index in [0.717, 1.165) is 5.56 Å². The minimum absolute atomic E-state index is 0.120. The number of carbonyl (C=O) groups excluding carboxylic acids is 4. The van der Waals surface area contributed by atoms with Crippen molar-refractivity contribution in [1.82, 2.24) is 10.2 Å². The molecule has 0 saturated carbocycles. The minimum atomic E-state index is -0.730. The van der Waals surface area contributed by atoms with Gasteiger partial charge in [-0.2, -0.15) is 0 Å². The van der Waals surface area contributed by atoms with Gasteiger partial charge in [0.2, 0.25) is 0 Å². The van der Waals surface area contributed by atoms with Crippen molar-refractivity contribution in [3.63, 3.8) is 0 Å². The summed E-state index contributed by atoms with van der Waals surface area (Å²) < 4.78 is 5.09. The molecule has 0 saturated heterocycles. The smallest absolute Gasteiger partial charge is 0.338 e. The Kier molecular flexibility index (Phi) is 6.84. The van der Waals surface area contributed by atoms with Crippen LogP contribution in [0.15, 0.2) is 48.5 Å². The van der Waals surface area contributed by atoms with Crippen molar-refractivity contribution >= 4 is 23.7 Å². The third-order valence-electron chi connectivity index (χ3n) is 5.15. The Hall–Kier alpha value is -3.48. The number of carbonyl (C=O) groups is 4. The van der Waals surface area contributed by atoms with Gasteiger partial charge in [-0.05, 0) is 43.0 Å². The molecule has 2 aromatic rings. The number of esters is 1. The fraction of sp³-hybridized carbons (Fsp3) is 0.333. The van der Waals surface area contributed by atoms with Gasteiger partial charge in [0.15, 0.2) is 6.61 Å². The zero-order valence-corrected chi connectivity index (χ0v) is 17.9. The van der Waals surface area contributed by atoms with E-state index in [2.05, 4.69) is 5.32 Å². The molecule has 3 rings (SSSR count). The van der Waals surface area contributed by atoms with Crippen molar-refractivity contribution < 1.29 is 23.9 Å². The molecular weight excluding hydrogens is 396 g/mol. The third-order valence-corrected chi connectivity index (χ3v) is 5.15. The predicted octanol–water partition coefficient (Wildman–Crippen LogP) is 3.36. The Bertz CT molecular complexity index is 1000. The maximum absolute atomic E-state index is 12.6. The fourth-order valence-electron chi connectivity index (χ4n) is 3.33. The first kappa shape index (κ1) is 22.2. The van der Waals surface area contributed by atoms with E-state index in [1.54, 1.807) is 0 Å². The van der Waals surface area contributed by atoms with Crippen molar-refractivity contribution in [2.24, 2.45) is 5.92 Å². The molecule has 1 heterocycles. The second-order valence-corrected chi connectivity index (χ2v) is 7.98. The van der Waals surface area contributed by atoms with Crippen LogP contribution in [-0.2, 0) is 9.53 Å². The summed E-state index contributed by atoms with van der Waals surface area (Å²) in [7, 11) is 0. The monoisotopic (exact) mass is 422 g/mol. The van der Waals surface area contributed by atoms with Gasteiger partial charge in [0.05, 0.1) is 22.7 Å². The maximum atomic E-state index is 12.6. The van der Waals surface area contributed by atoms with Crippen LogP contribution in [-0.4, -0.2) is 41.7 Å². The Morgan fingerprint density at radius 2 is 1.65 bits per heavy atom. The molecule has 1 aliphatic rings. The number of amides is 3. The number of nitrogens with one attached hydrogen (secondary N) is 1. The molecule has 162 valence electrons. The van der Waals surface area contributed by atoms with Gasteiger partial charge in [0, 0.05) is 6.54 Å². The summed E-state index contributed by atoms with van der Waals surface area (Å²) in [6, 6.07) is 13.4. The molecule has 2 aromatic carbocycles. The minimum Gasteiger partial charge on any atom is -0.452 e. The topological polar surface area (TPSA) is 92.8 Å². The molecule has 0 radical (unpaired) electrons. The van der Waals surface area contributed by atoms with Gasteiger partial charge in [-0.15, -0.1) is 0 Å². The number of hydrogen-bond acceptors (Lipinski definition) is 5. The van der Waals surface area contributed by atoms with Gasteiger partial charge in [0.25, 0.3) is 17.7 Å². The molecule has 1 atom stereocenters. The molecule has 1 aliphatic heterocycles. The van der Waals surface area contributed by atoms with E-state index in [1.807, 2.05) is 51.1 Å². The van der Waals surface area contributed by atoms with Gasteiger partial charge in [-0.25, -0.2) is 4.79 Å². The van der Waals surface area contributed by atoms with Crippen LogP contribution in [0, 0.1) is 5.92 Å². The van der Waals surface area contributed by atoms with E-state index < -0.39 is 24.4 Å². The second kappa shape index (κ2) is 9.55. The van der Waals surface area contributed by atoms with Gasteiger partial charge < -0.3 is 10.1 Å². The van der Waals surface area contributed by atoms with Crippen LogP contribution in [0.2, 0.25) is 0 Å². The number of ether oxygens (including phenoxy) is 1. The summed E-state index contributed by atoms with van der Waals surface area (Å²) in [5.74, 6) is -1.58. The predicted molar refractivity (Wildman–Crippen MR) is 115 cm³/mol. The lowest BCUT2D eigenvalue weighted by molar-refractivity contribution is -0.124. The van der Waals surface area contributed by atoms with Crippen molar-refractivity contribution in [1.29, 1.82) is 0 Å². The quantitative estimate of drug-likeness (QED) is 0.520. The highest BCUT2D eigenvalue weighted by Crippen LogP contribution is 2.25. The van der Waals surface area contributed by atoms with E-state index in [0.29, 0.717) is 18.9 Å². The summed E-state index contributed by atoms with van der Waals surface area (Å²) in [6.07, 6.45) is 0.705. The second-order valence-electron chi connectivity index (χ2n) is 7.98. The first-order valence-corrected chi connectivity index (χ1v) is 10.3. The van der Waals surface area contributed by atoms with Crippen LogP contribution < -0.4 is 5.32 Å². The molecule has 7 heteroatoms. The van der Waals surface area contributed by atoms with Crippen LogP contribution in [0.25, 0.3) is 0 Å². The van der Waals surface area contributed by atoms with Crippen LogP contribution in [0.4, 0.5) is 0 Å². The normalized spacial score (nSPS) is 13.9. The molecule has 3 amide bonds. The first-order valence-electron chi connectivity index (χ1n) is 10.3. The van der Waals surface area contributed by atoms with Crippen LogP contribution >= 0.6 is 0 Å². The standard InChI is InChI=1S/C24H26N2O5/c1-15(2)11-12-26-22(28)19-10-9-18(13-20(19)23(26)29)24(30)31-14-21(27)25-16(3)17-7-5-4-6-8-17/h4-10,13,15-16H,11-12,14H2,1-3H3,(H,25,27)/t16-/m0/s1. The summed E-state index contributed by atoms with van der Waals surface area (Å²) in [4.78, 5) is 50.8. The molecule has 31 heavy (non-hydrogen) atoms. The molecular formula is C24H26N2O5. The lowest BCUT2D eigenvalue weighted by Crippen LogP contribution is -2.31. The molecule has 0 spiro atoms. The molecule has 0 aliphatic carbocycles. The van der Waals surface area contributed by atoms with Gasteiger partial charge in [-0.3, -0.25) is 19.3 Å². The van der Waals surface area contributed by atoms with Crippen molar-refractivity contribution in [3.05, 3.63) is 70.8 Å². The molecule has 7 nitrogen and oxygen atoms in total. The Morgan fingerprint density at radius 3 is 2.32 bits per heavy atom. The van der Waals surface area contributed by atoms with E-state index in [-0.39, 0.29) is 28.6 Å². The van der Waals surface area contributed by atoms with Gasteiger partial charge >= 0.3 is 5.97 Å². The van der Waals surface area contributed by atoms with Crippen LogP contribution in [0.1, 0.15) is 69.9 Å². The summed E-state index contributed by atoms with van der Waals surface area (Å²) in [5.41, 5.74) is 1.52. The number of hydrogen-bond donors (Lipinski definition) is 1. The van der Waals surface area contributed by atoms with Gasteiger partial charge in [-0.1, -0.05) is 44.2 Å². The zero-order valence-electron chi connectivity index (χ0n) is 17.9.